The molecule has 3 rings (SSSR count). The molecule has 0 unspecified atom stereocenters. The molecule has 0 aliphatic carbocycles. The molecule has 0 saturated carbocycles. The maximum absolute atomic E-state index is 4.84. The molecule has 1 aromatic heterocycles. The van der Waals surface area contributed by atoms with Crippen molar-refractivity contribution >= 4 is 43.2 Å². The van der Waals surface area contributed by atoms with Gasteiger partial charge in [0.05, 0.1) is 10.7 Å². The van der Waals surface area contributed by atoms with Crippen LogP contribution in [0.3, 0.4) is 0 Å². The van der Waals surface area contributed by atoms with Crippen LogP contribution < -0.4 is 0 Å². The van der Waals surface area contributed by atoms with Crippen molar-refractivity contribution in [1.82, 2.24) is 4.98 Å². The van der Waals surface area contributed by atoms with Gasteiger partial charge in [-0.2, -0.15) is 0 Å². The van der Waals surface area contributed by atoms with Gasteiger partial charge in [0.25, 0.3) is 0 Å². The van der Waals surface area contributed by atoms with E-state index in [0.29, 0.717) is 0 Å². The molecule has 2 aromatic carbocycles. The van der Waals surface area contributed by atoms with Crippen LogP contribution >= 0.6 is 43.2 Å². The fourth-order valence-corrected chi connectivity index (χ4v) is 3.93. The first-order valence-electron chi connectivity index (χ1n) is 6.59. The highest BCUT2D eigenvalue weighted by atomic mass is 79.9. The van der Waals surface area contributed by atoms with E-state index in [4.69, 9.17) is 4.98 Å². The van der Waals surface area contributed by atoms with Crippen LogP contribution in [-0.4, -0.2) is 4.98 Å². The summed E-state index contributed by atoms with van der Waals surface area (Å²) < 4.78 is 2.20. The molecule has 4 heteroatoms. The number of hydrogen-bond donors (Lipinski definition) is 0. The number of aromatic nitrogens is 1. The number of benzene rings is 2. The lowest BCUT2D eigenvalue weighted by Gasteiger charge is -2.01. The third-order valence-corrected chi connectivity index (χ3v) is 5.43. The van der Waals surface area contributed by atoms with Crippen molar-refractivity contribution in [1.29, 1.82) is 0 Å². The van der Waals surface area contributed by atoms with E-state index in [0.717, 1.165) is 31.6 Å². The lowest BCUT2D eigenvalue weighted by Crippen LogP contribution is -1.88. The predicted octanol–water partition coefficient (Wildman–Crippen LogP) is 6.23. The van der Waals surface area contributed by atoms with Crippen LogP contribution in [-0.2, 0) is 6.42 Å². The van der Waals surface area contributed by atoms with E-state index in [1.807, 2.05) is 12.1 Å². The minimum atomic E-state index is 0.878. The number of nitrogens with zero attached hydrogens (tertiary/aromatic N) is 1. The average molecular weight is 423 g/mol. The standard InChI is InChI=1S/C17H13Br2NS/c1-11-17(14-4-2-3-5-15(14)19)20-16(21-11)10-12-6-8-13(18)9-7-12/h2-9H,10H2,1H3. The molecule has 0 radical (unpaired) electrons. The van der Waals surface area contributed by atoms with Crippen molar-refractivity contribution < 1.29 is 0 Å². The van der Waals surface area contributed by atoms with Crippen molar-refractivity contribution in [3.63, 3.8) is 0 Å². The summed E-state index contributed by atoms with van der Waals surface area (Å²) >= 11 is 8.85. The molecule has 0 aliphatic heterocycles. The van der Waals surface area contributed by atoms with Crippen molar-refractivity contribution in [2.75, 3.05) is 0 Å². The zero-order chi connectivity index (χ0) is 14.8. The number of rotatable bonds is 3. The van der Waals surface area contributed by atoms with Crippen molar-refractivity contribution in [3.8, 4) is 11.3 Å². The third kappa shape index (κ3) is 3.44. The summed E-state index contributed by atoms with van der Waals surface area (Å²) in [4.78, 5) is 6.09. The van der Waals surface area contributed by atoms with Crippen LogP contribution in [0.1, 0.15) is 15.4 Å². The Morgan fingerprint density at radius 1 is 1.00 bits per heavy atom. The molecule has 0 bridgehead atoms. The lowest BCUT2D eigenvalue weighted by molar-refractivity contribution is 1.14. The summed E-state index contributed by atoms with van der Waals surface area (Å²) in [7, 11) is 0. The fourth-order valence-electron chi connectivity index (χ4n) is 2.21. The van der Waals surface area contributed by atoms with Crippen LogP contribution in [0, 0.1) is 6.92 Å². The molecule has 0 saturated heterocycles. The summed E-state index contributed by atoms with van der Waals surface area (Å²) in [5.41, 5.74) is 3.53. The van der Waals surface area contributed by atoms with Crippen LogP contribution in [0.4, 0.5) is 0 Å². The van der Waals surface area contributed by atoms with E-state index < -0.39 is 0 Å². The molecule has 106 valence electrons. The monoisotopic (exact) mass is 421 g/mol. The van der Waals surface area contributed by atoms with Gasteiger partial charge >= 0.3 is 0 Å². The van der Waals surface area contributed by atoms with Crippen LogP contribution in [0.15, 0.2) is 57.5 Å². The van der Waals surface area contributed by atoms with Crippen molar-refractivity contribution in [2.45, 2.75) is 13.3 Å². The second-order valence-corrected chi connectivity index (χ2v) is 7.85. The fraction of sp³-hybridized carbons (Fsp3) is 0.118. The normalized spacial score (nSPS) is 10.8. The molecular weight excluding hydrogens is 410 g/mol. The van der Waals surface area contributed by atoms with E-state index in [1.165, 1.54) is 10.4 Å². The third-order valence-electron chi connectivity index (χ3n) is 3.24. The van der Waals surface area contributed by atoms with Crippen LogP contribution in [0.5, 0.6) is 0 Å². The Balaban J connectivity index is 1.91. The highest BCUT2D eigenvalue weighted by Crippen LogP contribution is 2.33. The molecule has 0 fully saturated rings. The Morgan fingerprint density at radius 3 is 2.43 bits per heavy atom. The Morgan fingerprint density at radius 2 is 1.71 bits per heavy atom. The maximum Gasteiger partial charge on any atom is 0.0979 e. The van der Waals surface area contributed by atoms with Gasteiger partial charge in [0, 0.05) is 25.8 Å². The lowest BCUT2D eigenvalue weighted by atomic mass is 10.1. The smallest absolute Gasteiger partial charge is 0.0979 e. The van der Waals surface area contributed by atoms with Gasteiger partial charge in [-0.3, -0.25) is 0 Å². The van der Waals surface area contributed by atoms with Crippen LogP contribution in [0.2, 0.25) is 0 Å². The SMILES string of the molecule is Cc1sc(Cc2ccc(Br)cc2)nc1-c1ccccc1Br. The van der Waals surface area contributed by atoms with Gasteiger partial charge < -0.3 is 0 Å². The zero-order valence-electron chi connectivity index (χ0n) is 11.4. The molecule has 0 spiro atoms. The predicted molar refractivity (Wildman–Crippen MR) is 96.9 cm³/mol. The van der Waals surface area contributed by atoms with Crippen molar-refractivity contribution in [3.05, 3.63) is 72.9 Å². The molecule has 21 heavy (non-hydrogen) atoms. The average Bonchev–Trinajstić information content (AvgIpc) is 2.83. The summed E-state index contributed by atoms with van der Waals surface area (Å²) in [5.74, 6) is 0. The summed E-state index contributed by atoms with van der Waals surface area (Å²) in [6, 6.07) is 16.7. The van der Waals surface area contributed by atoms with E-state index in [-0.39, 0.29) is 0 Å². The van der Waals surface area contributed by atoms with E-state index in [9.17, 15) is 0 Å². The molecule has 0 amide bonds. The minimum Gasteiger partial charge on any atom is -0.241 e. The quantitative estimate of drug-likeness (QED) is 0.487. The van der Waals surface area contributed by atoms with Gasteiger partial charge in [0.15, 0.2) is 0 Å². The number of thiazole rings is 1. The van der Waals surface area contributed by atoms with Gasteiger partial charge in [-0.25, -0.2) is 4.98 Å². The topological polar surface area (TPSA) is 12.9 Å². The second-order valence-electron chi connectivity index (χ2n) is 4.80. The second kappa shape index (κ2) is 6.42. The summed E-state index contributed by atoms with van der Waals surface area (Å²) in [6.07, 6.45) is 0.878. The Bertz CT molecular complexity index is 763. The molecule has 0 N–H and O–H groups in total. The first-order chi connectivity index (χ1) is 10.1. The van der Waals surface area contributed by atoms with Gasteiger partial charge in [-0.15, -0.1) is 11.3 Å². The zero-order valence-corrected chi connectivity index (χ0v) is 15.4. The van der Waals surface area contributed by atoms with Gasteiger partial charge in [0.1, 0.15) is 0 Å². The first kappa shape index (κ1) is 14.9. The largest absolute Gasteiger partial charge is 0.241 e. The minimum absolute atomic E-state index is 0.878. The molecular formula is C17H13Br2NS. The molecule has 0 aliphatic rings. The van der Waals surface area contributed by atoms with Gasteiger partial charge in [-0.05, 0) is 30.7 Å². The number of hydrogen-bond acceptors (Lipinski definition) is 2. The Labute approximate surface area is 145 Å². The van der Waals surface area contributed by atoms with Gasteiger partial charge in [-0.1, -0.05) is 62.2 Å². The number of halogens is 2. The van der Waals surface area contributed by atoms with E-state index in [1.54, 1.807) is 11.3 Å². The molecule has 1 heterocycles. The summed E-state index contributed by atoms with van der Waals surface area (Å²) in [6.45, 7) is 2.14. The first-order valence-corrected chi connectivity index (χ1v) is 8.99. The van der Waals surface area contributed by atoms with E-state index >= 15 is 0 Å². The highest BCUT2D eigenvalue weighted by Gasteiger charge is 2.12. The Kier molecular flexibility index (Phi) is 4.57. The maximum atomic E-state index is 4.84. The number of aryl methyl sites for hydroxylation is 1. The van der Waals surface area contributed by atoms with Crippen molar-refractivity contribution in [2.24, 2.45) is 0 Å². The van der Waals surface area contributed by atoms with Gasteiger partial charge in [0.2, 0.25) is 0 Å². The van der Waals surface area contributed by atoms with E-state index in [2.05, 4.69) is 75.2 Å². The molecule has 0 atom stereocenters. The molecule has 1 nitrogen and oxygen atoms in total. The van der Waals surface area contributed by atoms with Crippen LogP contribution in [0.25, 0.3) is 11.3 Å². The Hall–Kier alpha value is -0.970. The summed E-state index contributed by atoms with van der Waals surface area (Å²) in [5, 5.41) is 1.15. The molecule has 3 aromatic rings. The highest BCUT2D eigenvalue weighted by molar-refractivity contribution is 9.10.